The minimum atomic E-state index is -0.0365. The van der Waals surface area contributed by atoms with Crippen LogP contribution in [0.3, 0.4) is 0 Å². The lowest BCUT2D eigenvalue weighted by molar-refractivity contribution is -0.114. The Bertz CT molecular complexity index is 580. The summed E-state index contributed by atoms with van der Waals surface area (Å²) in [5.41, 5.74) is 2.14. The van der Waals surface area contributed by atoms with E-state index in [0.29, 0.717) is 0 Å². The molecule has 0 unspecified atom stereocenters. The molecule has 20 heavy (non-hydrogen) atoms. The molecule has 2 aromatic rings. The number of hydrogen-bond donors (Lipinski definition) is 2. The van der Waals surface area contributed by atoms with Crippen LogP contribution in [0.25, 0.3) is 0 Å². The minimum absolute atomic E-state index is 0.0365. The molecule has 1 aromatic carbocycles. The number of nitrogens with one attached hydrogen (secondary N) is 2. The summed E-state index contributed by atoms with van der Waals surface area (Å²) in [4.78, 5) is 12.3. The maximum Gasteiger partial charge on any atom is 0.221 e. The summed E-state index contributed by atoms with van der Waals surface area (Å²) >= 11 is 5.08. The molecule has 1 heterocycles. The van der Waals surface area contributed by atoms with Crippen LogP contribution in [0.15, 0.2) is 40.2 Å². The lowest BCUT2D eigenvalue weighted by Crippen LogP contribution is -2.18. The predicted octanol–water partition coefficient (Wildman–Crippen LogP) is 4.32. The molecular weight excluding hydrogens is 336 g/mol. The van der Waals surface area contributed by atoms with Crippen molar-refractivity contribution in [3.8, 4) is 0 Å². The Labute approximate surface area is 131 Å². The van der Waals surface area contributed by atoms with Gasteiger partial charge in [-0.25, -0.2) is 0 Å². The summed E-state index contributed by atoms with van der Waals surface area (Å²) in [6, 6.07) is 10.5. The highest BCUT2D eigenvalue weighted by atomic mass is 79.9. The van der Waals surface area contributed by atoms with E-state index in [-0.39, 0.29) is 11.9 Å². The predicted molar refractivity (Wildman–Crippen MR) is 88.0 cm³/mol. The molecule has 0 aliphatic carbocycles. The summed E-state index contributed by atoms with van der Waals surface area (Å²) in [5, 5.41) is 8.32. The highest BCUT2D eigenvalue weighted by Crippen LogP contribution is 2.23. The van der Waals surface area contributed by atoms with E-state index in [4.69, 9.17) is 0 Å². The van der Waals surface area contributed by atoms with E-state index >= 15 is 0 Å². The molecule has 0 saturated carbocycles. The molecule has 0 fully saturated rings. The van der Waals surface area contributed by atoms with Gasteiger partial charge in [-0.05, 0) is 36.1 Å². The molecule has 2 rings (SSSR count). The average molecular weight is 353 g/mol. The van der Waals surface area contributed by atoms with Gasteiger partial charge in [0.25, 0.3) is 0 Å². The molecule has 1 aromatic heterocycles. The van der Waals surface area contributed by atoms with Crippen LogP contribution in [0, 0.1) is 0 Å². The molecule has 1 amide bonds. The molecule has 3 nitrogen and oxygen atoms in total. The number of rotatable bonds is 5. The SMILES string of the molecule is CC(=O)Nc1ccsc1CN[C@H](C)c1ccc(Br)cc1. The first kappa shape index (κ1) is 15.2. The number of carbonyl (C=O) groups is 1. The summed E-state index contributed by atoms with van der Waals surface area (Å²) in [7, 11) is 0. The number of anilines is 1. The molecule has 0 bridgehead atoms. The average Bonchev–Trinajstić information content (AvgIpc) is 2.83. The van der Waals surface area contributed by atoms with E-state index in [1.807, 2.05) is 23.6 Å². The first-order valence-electron chi connectivity index (χ1n) is 6.39. The maximum absolute atomic E-state index is 11.1. The van der Waals surface area contributed by atoms with Crippen LogP contribution in [0.5, 0.6) is 0 Å². The Morgan fingerprint density at radius 3 is 2.65 bits per heavy atom. The Kier molecular flexibility index (Phi) is 5.34. The fraction of sp³-hybridized carbons (Fsp3) is 0.267. The third kappa shape index (κ3) is 4.16. The highest BCUT2D eigenvalue weighted by Gasteiger charge is 2.09. The fourth-order valence-corrected chi connectivity index (χ4v) is 2.94. The molecule has 0 radical (unpaired) electrons. The van der Waals surface area contributed by atoms with Gasteiger partial charge in [-0.3, -0.25) is 4.79 Å². The van der Waals surface area contributed by atoms with Gasteiger partial charge in [-0.2, -0.15) is 0 Å². The monoisotopic (exact) mass is 352 g/mol. The summed E-state index contributed by atoms with van der Waals surface area (Å²) in [6.45, 7) is 4.40. The van der Waals surface area contributed by atoms with Crippen molar-refractivity contribution < 1.29 is 4.79 Å². The van der Waals surface area contributed by atoms with Gasteiger partial charge in [0.05, 0.1) is 5.69 Å². The lowest BCUT2D eigenvalue weighted by Gasteiger charge is -2.14. The van der Waals surface area contributed by atoms with Crippen molar-refractivity contribution in [3.63, 3.8) is 0 Å². The van der Waals surface area contributed by atoms with Gasteiger partial charge in [0, 0.05) is 28.9 Å². The van der Waals surface area contributed by atoms with E-state index in [2.05, 4.69) is 45.6 Å². The molecular formula is C15H17BrN2OS. The van der Waals surface area contributed by atoms with Crippen molar-refractivity contribution in [2.75, 3.05) is 5.32 Å². The Morgan fingerprint density at radius 2 is 2.00 bits per heavy atom. The zero-order valence-corrected chi connectivity index (χ0v) is 13.8. The smallest absolute Gasteiger partial charge is 0.221 e. The standard InChI is InChI=1S/C15H17BrN2OS/c1-10(12-3-5-13(16)6-4-12)17-9-15-14(7-8-20-15)18-11(2)19/h3-8,10,17H,9H2,1-2H3,(H,18,19)/t10-/m1/s1. The lowest BCUT2D eigenvalue weighted by atomic mass is 10.1. The van der Waals surface area contributed by atoms with Crippen molar-refractivity contribution in [1.29, 1.82) is 0 Å². The number of carbonyl (C=O) groups excluding carboxylic acids is 1. The number of halogens is 1. The first-order valence-corrected chi connectivity index (χ1v) is 8.06. The Balaban J connectivity index is 1.96. The number of amides is 1. The van der Waals surface area contributed by atoms with Crippen molar-refractivity contribution in [2.45, 2.75) is 26.4 Å². The van der Waals surface area contributed by atoms with Gasteiger partial charge >= 0.3 is 0 Å². The van der Waals surface area contributed by atoms with Crippen molar-refractivity contribution in [1.82, 2.24) is 5.32 Å². The summed E-state index contributed by atoms with van der Waals surface area (Å²) in [5.74, 6) is -0.0365. The van der Waals surface area contributed by atoms with Gasteiger partial charge < -0.3 is 10.6 Å². The Hall–Kier alpha value is -1.17. The fourth-order valence-electron chi connectivity index (χ4n) is 1.89. The third-order valence-corrected chi connectivity index (χ3v) is 4.44. The van der Waals surface area contributed by atoms with Crippen LogP contribution in [0.1, 0.15) is 30.3 Å². The van der Waals surface area contributed by atoms with Gasteiger partial charge in [0.2, 0.25) is 5.91 Å². The van der Waals surface area contributed by atoms with Crippen LogP contribution in [-0.4, -0.2) is 5.91 Å². The minimum Gasteiger partial charge on any atom is -0.325 e. The van der Waals surface area contributed by atoms with E-state index in [0.717, 1.165) is 21.6 Å². The molecule has 2 N–H and O–H groups in total. The maximum atomic E-state index is 11.1. The van der Waals surface area contributed by atoms with E-state index in [1.165, 1.54) is 12.5 Å². The normalized spacial score (nSPS) is 12.2. The molecule has 1 atom stereocenters. The van der Waals surface area contributed by atoms with Crippen LogP contribution in [0.4, 0.5) is 5.69 Å². The van der Waals surface area contributed by atoms with Crippen molar-refractivity contribution >= 4 is 38.9 Å². The number of hydrogen-bond acceptors (Lipinski definition) is 3. The molecule has 0 aliphatic heterocycles. The van der Waals surface area contributed by atoms with Crippen LogP contribution in [-0.2, 0) is 11.3 Å². The Morgan fingerprint density at radius 1 is 1.30 bits per heavy atom. The van der Waals surface area contributed by atoms with Gasteiger partial charge in [-0.1, -0.05) is 28.1 Å². The zero-order chi connectivity index (χ0) is 14.5. The third-order valence-electron chi connectivity index (χ3n) is 2.99. The summed E-state index contributed by atoms with van der Waals surface area (Å²) < 4.78 is 1.08. The van der Waals surface area contributed by atoms with Crippen molar-refractivity contribution in [3.05, 3.63) is 50.6 Å². The van der Waals surface area contributed by atoms with Crippen molar-refractivity contribution in [2.24, 2.45) is 0 Å². The van der Waals surface area contributed by atoms with E-state index < -0.39 is 0 Å². The second kappa shape index (κ2) is 7.02. The topological polar surface area (TPSA) is 41.1 Å². The zero-order valence-electron chi connectivity index (χ0n) is 11.4. The van der Waals surface area contributed by atoms with Crippen LogP contribution < -0.4 is 10.6 Å². The number of benzene rings is 1. The second-order valence-electron chi connectivity index (χ2n) is 4.59. The largest absolute Gasteiger partial charge is 0.325 e. The number of thiophene rings is 1. The van der Waals surface area contributed by atoms with E-state index in [9.17, 15) is 4.79 Å². The summed E-state index contributed by atoms with van der Waals surface area (Å²) in [6.07, 6.45) is 0. The molecule has 5 heteroatoms. The van der Waals surface area contributed by atoms with Gasteiger partial charge in [-0.15, -0.1) is 11.3 Å². The van der Waals surface area contributed by atoms with Gasteiger partial charge in [0.15, 0.2) is 0 Å². The highest BCUT2D eigenvalue weighted by molar-refractivity contribution is 9.10. The second-order valence-corrected chi connectivity index (χ2v) is 6.51. The molecule has 0 aliphatic rings. The molecule has 0 saturated heterocycles. The van der Waals surface area contributed by atoms with Gasteiger partial charge in [0.1, 0.15) is 0 Å². The van der Waals surface area contributed by atoms with Crippen LogP contribution in [0.2, 0.25) is 0 Å². The quantitative estimate of drug-likeness (QED) is 0.841. The van der Waals surface area contributed by atoms with E-state index in [1.54, 1.807) is 11.3 Å². The first-order chi connectivity index (χ1) is 9.56. The molecule has 0 spiro atoms. The molecule has 106 valence electrons. The van der Waals surface area contributed by atoms with Crippen LogP contribution >= 0.6 is 27.3 Å².